The van der Waals surface area contributed by atoms with Gasteiger partial charge in [0.1, 0.15) is 0 Å². The quantitative estimate of drug-likeness (QED) is 0.565. The maximum Gasteiger partial charge on any atom is 0.223 e. The fourth-order valence-electron chi connectivity index (χ4n) is 3.73. The molecule has 0 aliphatic carbocycles. The van der Waals surface area contributed by atoms with Gasteiger partial charge in [-0.1, -0.05) is 57.9 Å². The molecule has 3 rings (SSSR count). The van der Waals surface area contributed by atoms with Crippen LogP contribution in [0.5, 0.6) is 0 Å². The van der Waals surface area contributed by atoms with E-state index in [2.05, 4.69) is 52.4 Å². The Morgan fingerprint density at radius 1 is 1.10 bits per heavy atom. The van der Waals surface area contributed by atoms with Gasteiger partial charge >= 0.3 is 0 Å². The van der Waals surface area contributed by atoms with Gasteiger partial charge in [-0.3, -0.25) is 4.79 Å². The van der Waals surface area contributed by atoms with Gasteiger partial charge in [-0.05, 0) is 55.9 Å². The number of nitrogens with zero attached hydrogens (tertiary/aromatic N) is 1. The molecular formula is C23H29BrN2O3S. The second-order valence-corrected chi connectivity index (χ2v) is 10.8. The van der Waals surface area contributed by atoms with Crippen LogP contribution in [0.1, 0.15) is 36.0 Å². The lowest BCUT2D eigenvalue weighted by atomic mass is 9.97. The molecule has 1 aliphatic heterocycles. The minimum absolute atomic E-state index is 0.0116. The molecule has 0 spiro atoms. The number of nitrogens with one attached hydrogen (secondary N) is 1. The molecule has 1 heterocycles. The Morgan fingerprint density at radius 3 is 2.47 bits per heavy atom. The molecule has 0 aromatic heterocycles. The van der Waals surface area contributed by atoms with E-state index in [0.29, 0.717) is 32.5 Å². The van der Waals surface area contributed by atoms with Gasteiger partial charge in [0.05, 0.1) is 5.75 Å². The highest BCUT2D eigenvalue weighted by atomic mass is 79.9. The van der Waals surface area contributed by atoms with E-state index in [-0.39, 0.29) is 17.6 Å². The van der Waals surface area contributed by atoms with Gasteiger partial charge in [-0.2, -0.15) is 0 Å². The molecule has 2 aromatic rings. The molecule has 1 aliphatic rings. The van der Waals surface area contributed by atoms with Crippen LogP contribution in [0.2, 0.25) is 0 Å². The first-order valence-electron chi connectivity index (χ1n) is 10.4. The number of carbonyl (C=O) groups is 1. The molecule has 0 radical (unpaired) electrons. The fourth-order valence-corrected chi connectivity index (χ4v) is 5.73. The molecule has 5 nitrogen and oxygen atoms in total. The largest absolute Gasteiger partial charge is 0.356 e. The second kappa shape index (κ2) is 10.6. The Hall–Kier alpha value is -1.70. The first kappa shape index (κ1) is 23.0. The SMILES string of the molecule is Cc1ccc(CCCNC(=O)C2CCN(S(=O)(=O)Cc3cccc(Br)c3)CC2)cc1. The summed E-state index contributed by atoms with van der Waals surface area (Å²) in [6.45, 7) is 3.52. The zero-order valence-electron chi connectivity index (χ0n) is 17.3. The average Bonchev–Trinajstić information content (AvgIpc) is 2.72. The Labute approximate surface area is 188 Å². The van der Waals surface area contributed by atoms with E-state index in [4.69, 9.17) is 0 Å². The summed E-state index contributed by atoms with van der Waals surface area (Å²) < 4.78 is 27.8. The molecule has 0 atom stereocenters. The normalized spacial score (nSPS) is 15.8. The molecule has 0 saturated carbocycles. The number of piperidine rings is 1. The van der Waals surface area contributed by atoms with Crippen LogP contribution in [0.15, 0.2) is 53.0 Å². The number of carbonyl (C=O) groups excluding carboxylic acids is 1. The Bertz CT molecular complexity index is 953. The highest BCUT2D eigenvalue weighted by Crippen LogP contribution is 2.23. The lowest BCUT2D eigenvalue weighted by Gasteiger charge is -2.30. The number of amides is 1. The van der Waals surface area contributed by atoms with Crippen molar-refractivity contribution in [3.63, 3.8) is 0 Å². The van der Waals surface area contributed by atoms with Crippen LogP contribution in [0.3, 0.4) is 0 Å². The van der Waals surface area contributed by atoms with Crippen LogP contribution in [-0.4, -0.2) is 38.3 Å². The van der Waals surface area contributed by atoms with Gasteiger partial charge in [0.25, 0.3) is 0 Å². The Morgan fingerprint density at radius 2 is 1.80 bits per heavy atom. The lowest BCUT2D eigenvalue weighted by Crippen LogP contribution is -2.43. The maximum absolute atomic E-state index is 12.7. The van der Waals surface area contributed by atoms with E-state index in [1.54, 1.807) is 0 Å². The second-order valence-electron chi connectivity index (χ2n) is 7.94. The maximum atomic E-state index is 12.7. The van der Waals surface area contributed by atoms with Gasteiger partial charge in [0.15, 0.2) is 0 Å². The van der Waals surface area contributed by atoms with Crippen molar-refractivity contribution in [3.8, 4) is 0 Å². The summed E-state index contributed by atoms with van der Waals surface area (Å²) in [5, 5.41) is 3.02. The highest BCUT2D eigenvalue weighted by molar-refractivity contribution is 9.10. The Kier molecular flexibility index (Phi) is 8.08. The van der Waals surface area contributed by atoms with Crippen molar-refractivity contribution in [1.29, 1.82) is 0 Å². The molecule has 1 N–H and O–H groups in total. The van der Waals surface area contributed by atoms with Crippen molar-refractivity contribution in [1.82, 2.24) is 9.62 Å². The zero-order chi connectivity index (χ0) is 21.6. The van der Waals surface area contributed by atoms with Gasteiger partial charge in [0, 0.05) is 30.0 Å². The summed E-state index contributed by atoms with van der Waals surface area (Å²) >= 11 is 3.38. The van der Waals surface area contributed by atoms with Crippen molar-refractivity contribution in [2.24, 2.45) is 5.92 Å². The molecule has 1 fully saturated rings. The first-order valence-corrected chi connectivity index (χ1v) is 12.8. The number of hydrogen-bond acceptors (Lipinski definition) is 3. The third kappa shape index (κ3) is 6.65. The number of benzene rings is 2. The average molecular weight is 493 g/mol. The molecule has 2 aromatic carbocycles. The minimum atomic E-state index is -3.38. The summed E-state index contributed by atoms with van der Waals surface area (Å²) in [6, 6.07) is 15.8. The van der Waals surface area contributed by atoms with E-state index in [1.165, 1.54) is 15.4 Å². The third-order valence-electron chi connectivity index (χ3n) is 5.52. The van der Waals surface area contributed by atoms with E-state index in [9.17, 15) is 13.2 Å². The third-order valence-corrected chi connectivity index (χ3v) is 7.86. The Balaban J connectivity index is 1.40. The number of sulfonamides is 1. The van der Waals surface area contributed by atoms with Crippen molar-refractivity contribution in [2.45, 2.75) is 38.4 Å². The van der Waals surface area contributed by atoms with Gasteiger partial charge in [-0.25, -0.2) is 12.7 Å². The van der Waals surface area contributed by atoms with Crippen LogP contribution < -0.4 is 5.32 Å². The summed E-state index contributed by atoms with van der Waals surface area (Å²) in [7, 11) is -3.38. The van der Waals surface area contributed by atoms with Crippen molar-refractivity contribution in [2.75, 3.05) is 19.6 Å². The minimum Gasteiger partial charge on any atom is -0.356 e. The van der Waals surface area contributed by atoms with Gasteiger partial charge in [0.2, 0.25) is 15.9 Å². The molecule has 1 saturated heterocycles. The standard InChI is InChI=1S/C23H29BrN2O3S/c1-18-7-9-19(10-8-18)5-3-13-25-23(27)21-11-14-26(15-12-21)30(28,29)17-20-4-2-6-22(24)16-20/h2,4,6-10,16,21H,3,5,11-15,17H2,1H3,(H,25,27). The molecule has 162 valence electrons. The van der Waals surface area contributed by atoms with E-state index in [1.807, 2.05) is 24.3 Å². The van der Waals surface area contributed by atoms with Gasteiger partial charge in [-0.15, -0.1) is 0 Å². The lowest BCUT2D eigenvalue weighted by molar-refractivity contribution is -0.126. The summed E-state index contributed by atoms with van der Waals surface area (Å²) in [6.07, 6.45) is 2.98. The monoisotopic (exact) mass is 492 g/mol. The van der Waals surface area contributed by atoms with Crippen LogP contribution >= 0.6 is 15.9 Å². The molecular weight excluding hydrogens is 464 g/mol. The van der Waals surface area contributed by atoms with Crippen LogP contribution in [0.4, 0.5) is 0 Å². The van der Waals surface area contributed by atoms with E-state index >= 15 is 0 Å². The first-order chi connectivity index (χ1) is 14.3. The van der Waals surface area contributed by atoms with Crippen LogP contribution in [-0.2, 0) is 27.0 Å². The number of aryl methyl sites for hydroxylation is 2. The van der Waals surface area contributed by atoms with Gasteiger partial charge < -0.3 is 5.32 Å². The topological polar surface area (TPSA) is 66.5 Å². The molecule has 30 heavy (non-hydrogen) atoms. The summed E-state index contributed by atoms with van der Waals surface area (Å²) in [4.78, 5) is 12.5. The summed E-state index contributed by atoms with van der Waals surface area (Å²) in [5.74, 6) is -0.0767. The van der Waals surface area contributed by atoms with Crippen molar-refractivity contribution in [3.05, 3.63) is 69.7 Å². The molecule has 1 amide bonds. The fraction of sp³-hybridized carbons (Fsp3) is 0.435. The summed E-state index contributed by atoms with van der Waals surface area (Å²) in [5.41, 5.74) is 3.29. The van der Waals surface area contributed by atoms with Crippen LogP contribution in [0, 0.1) is 12.8 Å². The number of rotatable bonds is 8. The van der Waals surface area contributed by atoms with E-state index in [0.717, 1.165) is 22.9 Å². The highest BCUT2D eigenvalue weighted by Gasteiger charge is 2.31. The van der Waals surface area contributed by atoms with Crippen LogP contribution in [0.25, 0.3) is 0 Å². The predicted octanol–water partition coefficient (Wildman–Crippen LogP) is 4.05. The molecule has 7 heteroatoms. The van der Waals surface area contributed by atoms with Crippen molar-refractivity contribution >= 4 is 31.9 Å². The van der Waals surface area contributed by atoms with Crippen molar-refractivity contribution < 1.29 is 13.2 Å². The molecule has 0 unspecified atom stereocenters. The smallest absolute Gasteiger partial charge is 0.223 e. The molecule has 0 bridgehead atoms. The number of halogens is 1. The zero-order valence-corrected chi connectivity index (χ0v) is 19.7. The number of hydrogen-bond donors (Lipinski definition) is 1. The predicted molar refractivity (Wildman–Crippen MR) is 124 cm³/mol. The van der Waals surface area contributed by atoms with E-state index < -0.39 is 10.0 Å².